The van der Waals surface area contributed by atoms with Crippen LogP contribution in [0.15, 0.2) is 42.6 Å². The summed E-state index contributed by atoms with van der Waals surface area (Å²) in [6.45, 7) is 1.97. The fourth-order valence-electron chi connectivity index (χ4n) is 4.79. The van der Waals surface area contributed by atoms with Crippen LogP contribution in [0, 0.1) is 5.82 Å². The molecular weight excluding hydrogens is 407 g/mol. The highest BCUT2D eigenvalue weighted by Crippen LogP contribution is 2.45. The molecule has 2 unspecified atom stereocenters. The number of β-amino-alcohol motifs (C(OH)–C–C–N with tert-alkyl or cyclic N) is 1. The molecular formula is C23H24ClFN2O3. The molecule has 1 fully saturated rings. The molecule has 1 saturated heterocycles. The molecule has 0 amide bonds. The predicted octanol–water partition coefficient (Wildman–Crippen LogP) is 4.34. The Labute approximate surface area is 179 Å². The Kier molecular flexibility index (Phi) is 4.98. The van der Waals surface area contributed by atoms with E-state index in [0.717, 1.165) is 37.0 Å². The number of likely N-dealkylation sites (tertiary alicyclic amines) is 1. The number of hydrogen-bond acceptors (Lipinski definition) is 4. The highest BCUT2D eigenvalue weighted by molar-refractivity contribution is 6.30. The van der Waals surface area contributed by atoms with Gasteiger partial charge in [0.05, 0.1) is 12.2 Å². The van der Waals surface area contributed by atoms with E-state index in [-0.39, 0.29) is 5.82 Å². The van der Waals surface area contributed by atoms with Crippen molar-refractivity contribution in [3.63, 3.8) is 0 Å². The van der Waals surface area contributed by atoms with Crippen LogP contribution in [-0.2, 0) is 0 Å². The van der Waals surface area contributed by atoms with E-state index in [1.54, 1.807) is 24.4 Å². The van der Waals surface area contributed by atoms with Crippen LogP contribution in [0.1, 0.15) is 42.6 Å². The van der Waals surface area contributed by atoms with Crippen LogP contribution in [0.3, 0.4) is 0 Å². The quantitative estimate of drug-likeness (QED) is 0.578. The molecule has 3 N–H and O–H groups in total. The van der Waals surface area contributed by atoms with Crippen molar-refractivity contribution in [2.45, 2.75) is 37.1 Å². The molecule has 5 rings (SSSR count). The van der Waals surface area contributed by atoms with Crippen LogP contribution in [0.4, 0.5) is 4.39 Å². The summed E-state index contributed by atoms with van der Waals surface area (Å²) in [5, 5.41) is 22.7. The SMILES string of the molecule is OC1CC2(CCN(CC(O)c3c[nH]c4ccc(F)cc34)CC2)Oc2ccc(Cl)cc21. The summed E-state index contributed by atoms with van der Waals surface area (Å²) in [6, 6.07) is 9.92. The number of benzene rings is 2. The molecule has 158 valence electrons. The molecule has 3 heterocycles. The monoisotopic (exact) mass is 430 g/mol. The average Bonchev–Trinajstić information content (AvgIpc) is 3.14. The van der Waals surface area contributed by atoms with Gasteiger partial charge in [0.15, 0.2) is 0 Å². The van der Waals surface area contributed by atoms with Crippen LogP contribution in [0.2, 0.25) is 5.02 Å². The normalized spacial score (nSPS) is 22.1. The van der Waals surface area contributed by atoms with Gasteiger partial charge in [0, 0.05) is 59.3 Å². The lowest BCUT2D eigenvalue weighted by Gasteiger charge is -2.46. The molecule has 2 aliphatic heterocycles. The zero-order chi connectivity index (χ0) is 20.9. The number of hydrogen-bond donors (Lipinski definition) is 3. The number of H-pyrrole nitrogens is 1. The number of piperidine rings is 1. The number of nitrogens with zero attached hydrogens (tertiary/aromatic N) is 1. The van der Waals surface area contributed by atoms with Crippen molar-refractivity contribution in [1.29, 1.82) is 0 Å². The smallest absolute Gasteiger partial charge is 0.126 e. The van der Waals surface area contributed by atoms with E-state index in [0.29, 0.717) is 34.7 Å². The number of aliphatic hydroxyl groups is 2. The summed E-state index contributed by atoms with van der Waals surface area (Å²) < 4.78 is 20.0. The van der Waals surface area contributed by atoms with Crippen molar-refractivity contribution in [2.75, 3.05) is 19.6 Å². The Bertz CT molecular complexity index is 1080. The third kappa shape index (κ3) is 3.58. The summed E-state index contributed by atoms with van der Waals surface area (Å²) in [4.78, 5) is 5.29. The minimum absolute atomic E-state index is 0.315. The highest BCUT2D eigenvalue weighted by Gasteiger charge is 2.43. The highest BCUT2D eigenvalue weighted by atomic mass is 35.5. The van der Waals surface area contributed by atoms with Gasteiger partial charge in [0.1, 0.15) is 17.2 Å². The van der Waals surface area contributed by atoms with Gasteiger partial charge in [-0.2, -0.15) is 0 Å². The number of ether oxygens (including phenoxy) is 1. The van der Waals surface area contributed by atoms with Crippen molar-refractivity contribution >= 4 is 22.5 Å². The molecule has 5 nitrogen and oxygen atoms in total. The van der Waals surface area contributed by atoms with Crippen LogP contribution >= 0.6 is 11.6 Å². The Morgan fingerprint density at radius 1 is 1.23 bits per heavy atom. The summed E-state index contributed by atoms with van der Waals surface area (Å²) in [7, 11) is 0. The van der Waals surface area contributed by atoms with Crippen LogP contribution < -0.4 is 4.74 Å². The number of aromatic nitrogens is 1. The second-order valence-electron chi connectivity index (χ2n) is 8.44. The van der Waals surface area contributed by atoms with Gasteiger partial charge in [-0.3, -0.25) is 0 Å². The van der Waals surface area contributed by atoms with Gasteiger partial charge in [0.25, 0.3) is 0 Å². The third-order valence-electron chi connectivity index (χ3n) is 6.46. The Morgan fingerprint density at radius 2 is 2.03 bits per heavy atom. The minimum atomic E-state index is -0.713. The van der Waals surface area contributed by atoms with E-state index in [4.69, 9.17) is 16.3 Å². The maximum Gasteiger partial charge on any atom is 0.126 e. The molecule has 0 aliphatic carbocycles. The number of aliphatic hydroxyl groups excluding tert-OH is 2. The van der Waals surface area contributed by atoms with E-state index in [1.165, 1.54) is 12.1 Å². The second kappa shape index (κ2) is 7.54. The number of nitrogens with one attached hydrogen (secondary N) is 1. The van der Waals surface area contributed by atoms with Gasteiger partial charge in [-0.05, 0) is 49.2 Å². The fraction of sp³-hybridized carbons (Fsp3) is 0.391. The zero-order valence-corrected chi connectivity index (χ0v) is 17.2. The molecule has 7 heteroatoms. The van der Waals surface area contributed by atoms with Crippen LogP contribution in [0.25, 0.3) is 10.9 Å². The largest absolute Gasteiger partial charge is 0.487 e. The first-order valence-corrected chi connectivity index (χ1v) is 10.6. The number of fused-ring (bicyclic) bond motifs is 2. The lowest BCUT2D eigenvalue weighted by atomic mass is 9.81. The second-order valence-corrected chi connectivity index (χ2v) is 8.87. The molecule has 2 aliphatic rings. The lowest BCUT2D eigenvalue weighted by Crippen LogP contribution is -2.51. The van der Waals surface area contributed by atoms with E-state index < -0.39 is 17.8 Å². The first-order chi connectivity index (χ1) is 14.4. The first-order valence-electron chi connectivity index (χ1n) is 10.3. The third-order valence-corrected chi connectivity index (χ3v) is 6.69. The number of aromatic amines is 1. The van der Waals surface area contributed by atoms with Crippen molar-refractivity contribution in [2.24, 2.45) is 0 Å². The first kappa shape index (κ1) is 19.8. The van der Waals surface area contributed by atoms with E-state index in [1.807, 2.05) is 6.07 Å². The van der Waals surface area contributed by atoms with Gasteiger partial charge in [-0.25, -0.2) is 4.39 Å². The topological polar surface area (TPSA) is 68.7 Å². The molecule has 3 aromatic rings. The molecule has 1 spiro atoms. The van der Waals surface area contributed by atoms with Gasteiger partial charge in [-0.1, -0.05) is 11.6 Å². The molecule has 0 radical (unpaired) electrons. The molecule has 1 aromatic heterocycles. The van der Waals surface area contributed by atoms with Crippen molar-refractivity contribution in [1.82, 2.24) is 9.88 Å². The fourth-order valence-corrected chi connectivity index (χ4v) is 4.97. The molecule has 2 atom stereocenters. The maximum atomic E-state index is 13.6. The molecule has 0 bridgehead atoms. The molecule has 0 saturated carbocycles. The average molecular weight is 431 g/mol. The van der Waals surface area contributed by atoms with Crippen molar-refractivity contribution in [3.05, 3.63) is 64.6 Å². The van der Waals surface area contributed by atoms with Crippen molar-refractivity contribution < 1.29 is 19.3 Å². The maximum absolute atomic E-state index is 13.6. The standard InChI is InChI=1S/C23H24ClFN2O3/c24-14-1-4-22-17(9-14)20(28)11-23(30-22)5-7-27(8-6-23)13-21(29)18-12-26-19-3-2-15(25)10-16(18)19/h1-4,9-10,12,20-21,26,28-29H,5-8,11,13H2. The number of halogens is 2. The Morgan fingerprint density at radius 3 is 2.83 bits per heavy atom. The van der Waals surface area contributed by atoms with Crippen molar-refractivity contribution in [3.8, 4) is 5.75 Å². The van der Waals surface area contributed by atoms with Gasteiger partial charge in [-0.15, -0.1) is 0 Å². The lowest BCUT2D eigenvalue weighted by molar-refractivity contribution is -0.0587. The number of rotatable bonds is 3. The molecule has 2 aromatic carbocycles. The van der Waals surface area contributed by atoms with Gasteiger partial charge >= 0.3 is 0 Å². The van der Waals surface area contributed by atoms with Crippen LogP contribution in [0.5, 0.6) is 5.75 Å². The van der Waals surface area contributed by atoms with Crippen LogP contribution in [-0.4, -0.2) is 45.3 Å². The zero-order valence-electron chi connectivity index (χ0n) is 16.4. The van der Waals surface area contributed by atoms with E-state index in [9.17, 15) is 14.6 Å². The summed E-state index contributed by atoms with van der Waals surface area (Å²) in [5.41, 5.74) is 1.87. The summed E-state index contributed by atoms with van der Waals surface area (Å²) in [6.07, 6.45) is 2.52. The minimum Gasteiger partial charge on any atom is -0.487 e. The van der Waals surface area contributed by atoms with Gasteiger partial charge < -0.3 is 24.8 Å². The summed E-state index contributed by atoms with van der Waals surface area (Å²) >= 11 is 6.05. The Hall–Kier alpha value is -2.12. The van der Waals surface area contributed by atoms with Gasteiger partial charge in [0.2, 0.25) is 0 Å². The predicted molar refractivity (Wildman–Crippen MR) is 113 cm³/mol. The van der Waals surface area contributed by atoms with E-state index in [2.05, 4.69) is 9.88 Å². The van der Waals surface area contributed by atoms with E-state index >= 15 is 0 Å². The Balaban J connectivity index is 1.26. The summed E-state index contributed by atoms with van der Waals surface area (Å²) in [5.74, 6) is 0.387. The molecule has 30 heavy (non-hydrogen) atoms.